The molecule has 1 aliphatic rings. The number of nitrogens with zero attached hydrogens (tertiary/aromatic N) is 2. The van der Waals surface area contributed by atoms with Gasteiger partial charge in [-0.3, -0.25) is 19.3 Å². The summed E-state index contributed by atoms with van der Waals surface area (Å²) in [6.07, 6.45) is 1.37. The average Bonchev–Trinajstić information content (AvgIpc) is 3.47. The standard InChI is InChI=1S/C43H47N5O8S/c1-43(2,3)56-42(53)45-22-12-17-33(39(51)47-32(38(44)50)23-27-18-20-30(21-19-27)29-13-8-6-9-14-29)48-40(52)36(57-41(48)46-31-15-10-7-11-16-31)26-28-24-34(54-4)37(49)35(25-28)55-5/h6-11,13-16,18-21,24-26,32-33,49H,12,17,22-23H2,1-5H3,(H2,44,50)(H,45,53)(H,47,51)/b36-26-,46-41?/t32-,33-/m0/s1. The van der Waals surface area contributed by atoms with Crippen molar-refractivity contribution in [1.29, 1.82) is 0 Å². The summed E-state index contributed by atoms with van der Waals surface area (Å²) in [6.45, 7) is 5.38. The van der Waals surface area contributed by atoms with Gasteiger partial charge in [-0.2, -0.15) is 0 Å². The van der Waals surface area contributed by atoms with Gasteiger partial charge in [0.05, 0.1) is 24.8 Å². The van der Waals surface area contributed by atoms with E-state index in [9.17, 15) is 24.3 Å². The maximum absolute atomic E-state index is 14.5. The number of primary amides is 1. The highest BCUT2D eigenvalue weighted by Crippen LogP contribution is 2.41. The number of aliphatic imine (C=N–C) groups is 1. The highest BCUT2D eigenvalue weighted by Gasteiger charge is 2.42. The van der Waals surface area contributed by atoms with Crippen LogP contribution in [0.3, 0.4) is 0 Å². The van der Waals surface area contributed by atoms with Crippen LogP contribution in [0.5, 0.6) is 17.2 Å². The molecule has 57 heavy (non-hydrogen) atoms. The minimum Gasteiger partial charge on any atom is -0.502 e. The molecule has 0 aromatic heterocycles. The second-order valence-electron chi connectivity index (χ2n) is 14.1. The Kier molecular flexibility index (Phi) is 14.0. The SMILES string of the molecule is COc1cc(/C=C2\SC(=Nc3ccccc3)N([C@@H](CCCNC(=O)OC(C)(C)C)C(=O)N[C@@H](Cc3ccc(-c4ccccc4)cc3)C(N)=O)C2=O)cc(OC)c1O. The van der Waals surface area contributed by atoms with Gasteiger partial charge in [-0.05, 0) is 98.0 Å². The molecule has 0 radical (unpaired) electrons. The topological polar surface area (TPSA) is 182 Å². The van der Waals surface area contributed by atoms with E-state index in [-0.39, 0.29) is 53.1 Å². The third-order valence-electron chi connectivity index (χ3n) is 8.72. The number of para-hydroxylation sites is 1. The quantitative estimate of drug-likeness (QED) is 0.0765. The van der Waals surface area contributed by atoms with Gasteiger partial charge in [-0.15, -0.1) is 0 Å². The highest BCUT2D eigenvalue weighted by molar-refractivity contribution is 8.18. The van der Waals surface area contributed by atoms with Crippen LogP contribution in [0.2, 0.25) is 0 Å². The van der Waals surface area contributed by atoms with Gasteiger partial charge in [0.15, 0.2) is 16.7 Å². The number of amidine groups is 1. The monoisotopic (exact) mass is 793 g/mol. The van der Waals surface area contributed by atoms with Gasteiger partial charge >= 0.3 is 6.09 Å². The Labute approximate surface area is 336 Å². The van der Waals surface area contributed by atoms with E-state index in [1.165, 1.54) is 19.1 Å². The van der Waals surface area contributed by atoms with Crippen molar-refractivity contribution in [2.24, 2.45) is 10.7 Å². The van der Waals surface area contributed by atoms with E-state index < -0.39 is 41.5 Å². The fraction of sp³-hybridized carbons (Fsp3) is 0.279. The second kappa shape index (κ2) is 19.0. The first kappa shape index (κ1) is 41.9. The average molecular weight is 794 g/mol. The predicted molar refractivity (Wildman–Crippen MR) is 221 cm³/mol. The zero-order chi connectivity index (χ0) is 41.1. The summed E-state index contributed by atoms with van der Waals surface area (Å²) in [4.78, 5) is 60.5. The molecule has 13 nitrogen and oxygen atoms in total. The number of hydrogen-bond acceptors (Lipinski definition) is 10. The van der Waals surface area contributed by atoms with E-state index in [0.29, 0.717) is 11.3 Å². The van der Waals surface area contributed by atoms with Crippen molar-refractivity contribution < 1.29 is 38.5 Å². The van der Waals surface area contributed by atoms with E-state index in [1.807, 2.05) is 60.7 Å². The van der Waals surface area contributed by atoms with Crippen LogP contribution in [0.25, 0.3) is 17.2 Å². The van der Waals surface area contributed by atoms with E-state index in [0.717, 1.165) is 28.5 Å². The van der Waals surface area contributed by atoms with Crippen LogP contribution in [0.1, 0.15) is 44.7 Å². The summed E-state index contributed by atoms with van der Waals surface area (Å²) in [5.41, 5.74) is 8.95. The maximum atomic E-state index is 14.5. The van der Waals surface area contributed by atoms with Crippen molar-refractivity contribution in [1.82, 2.24) is 15.5 Å². The molecule has 0 saturated carbocycles. The first-order valence-electron chi connectivity index (χ1n) is 18.3. The largest absolute Gasteiger partial charge is 0.502 e. The van der Waals surface area contributed by atoms with E-state index >= 15 is 0 Å². The first-order chi connectivity index (χ1) is 27.3. The third-order valence-corrected chi connectivity index (χ3v) is 9.70. The predicted octanol–water partition coefficient (Wildman–Crippen LogP) is 6.57. The van der Waals surface area contributed by atoms with Crippen molar-refractivity contribution >= 4 is 52.5 Å². The molecular formula is C43H47N5O8S. The fourth-order valence-corrected chi connectivity index (χ4v) is 7.01. The number of amides is 4. The molecule has 0 bridgehead atoms. The minimum atomic E-state index is -1.19. The number of thioether (sulfide) groups is 1. The Balaban J connectivity index is 1.48. The number of carbonyl (C=O) groups is 4. The van der Waals surface area contributed by atoms with Crippen LogP contribution >= 0.6 is 11.8 Å². The number of rotatable bonds is 15. The first-order valence-corrected chi connectivity index (χ1v) is 19.1. The number of nitrogens with two attached hydrogens (primary N) is 1. The van der Waals surface area contributed by atoms with Crippen LogP contribution in [-0.2, 0) is 25.5 Å². The number of aromatic hydroxyl groups is 1. The summed E-state index contributed by atoms with van der Waals surface area (Å²) in [6, 6.07) is 27.2. The lowest BCUT2D eigenvalue weighted by atomic mass is 10.00. The van der Waals surface area contributed by atoms with Gasteiger partial charge in [-0.1, -0.05) is 72.8 Å². The van der Waals surface area contributed by atoms with Gasteiger partial charge in [0.25, 0.3) is 5.91 Å². The molecule has 0 aliphatic carbocycles. The lowest BCUT2D eigenvalue weighted by Gasteiger charge is -2.28. The van der Waals surface area contributed by atoms with Crippen molar-refractivity contribution in [3.05, 3.63) is 113 Å². The molecule has 5 N–H and O–H groups in total. The number of alkyl carbamates (subject to hydrolysis) is 1. The molecule has 4 aromatic carbocycles. The van der Waals surface area contributed by atoms with Gasteiger partial charge in [0.2, 0.25) is 17.6 Å². The second-order valence-corrected chi connectivity index (χ2v) is 15.1. The highest BCUT2D eigenvalue weighted by atomic mass is 32.2. The number of carbonyl (C=O) groups excluding carboxylic acids is 4. The lowest BCUT2D eigenvalue weighted by Crippen LogP contribution is -2.55. The van der Waals surface area contributed by atoms with E-state index in [2.05, 4.69) is 10.6 Å². The number of benzene rings is 4. The van der Waals surface area contributed by atoms with Crippen LogP contribution < -0.4 is 25.8 Å². The van der Waals surface area contributed by atoms with E-state index in [1.54, 1.807) is 63.2 Å². The Bertz CT molecular complexity index is 2090. The lowest BCUT2D eigenvalue weighted by molar-refractivity contribution is -0.134. The number of ether oxygens (including phenoxy) is 3. The molecule has 14 heteroatoms. The molecule has 5 rings (SSSR count). The number of methoxy groups -OCH3 is 2. The van der Waals surface area contributed by atoms with E-state index in [4.69, 9.17) is 24.9 Å². The Morgan fingerprint density at radius 3 is 2.09 bits per heavy atom. The normalized spacial score (nSPS) is 15.2. The smallest absolute Gasteiger partial charge is 0.407 e. The molecule has 0 unspecified atom stereocenters. The summed E-state index contributed by atoms with van der Waals surface area (Å²) >= 11 is 1.05. The van der Waals surface area contributed by atoms with Crippen LogP contribution in [0.4, 0.5) is 10.5 Å². The molecule has 1 heterocycles. The maximum Gasteiger partial charge on any atom is 0.407 e. The molecule has 0 spiro atoms. The minimum absolute atomic E-state index is 0.0626. The Morgan fingerprint density at radius 2 is 1.51 bits per heavy atom. The number of hydrogen-bond donors (Lipinski definition) is 4. The van der Waals surface area contributed by atoms with Crippen molar-refractivity contribution in [2.75, 3.05) is 20.8 Å². The fourth-order valence-electron chi connectivity index (χ4n) is 5.97. The molecule has 1 saturated heterocycles. The zero-order valence-corrected chi connectivity index (χ0v) is 33.3. The summed E-state index contributed by atoms with van der Waals surface area (Å²) < 4.78 is 16.0. The molecule has 4 aromatic rings. The van der Waals surface area contributed by atoms with Gasteiger partial charge in [0.1, 0.15) is 17.7 Å². The molecule has 2 atom stereocenters. The van der Waals surface area contributed by atoms with Gasteiger partial charge < -0.3 is 35.7 Å². The summed E-state index contributed by atoms with van der Waals surface area (Å²) in [5, 5.41) is 16.2. The molecule has 4 amide bonds. The number of nitrogens with one attached hydrogen (secondary N) is 2. The van der Waals surface area contributed by atoms with Crippen LogP contribution in [-0.4, -0.2) is 77.4 Å². The summed E-state index contributed by atoms with van der Waals surface area (Å²) in [5.74, 6) is -1.86. The number of phenolic OH excluding ortho intramolecular Hbond substituents is 1. The van der Waals surface area contributed by atoms with Crippen molar-refractivity contribution in [2.45, 2.75) is 57.7 Å². The van der Waals surface area contributed by atoms with Gasteiger partial charge in [0, 0.05) is 13.0 Å². The zero-order valence-electron chi connectivity index (χ0n) is 32.5. The van der Waals surface area contributed by atoms with Crippen LogP contribution in [0, 0.1) is 0 Å². The van der Waals surface area contributed by atoms with Crippen LogP contribution in [0.15, 0.2) is 107 Å². The third kappa shape index (κ3) is 11.4. The summed E-state index contributed by atoms with van der Waals surface area (Å²) in [7, 11) is 2.79. The number of phenols is 1. The van der Waals surface area contributed by atoms with Gasteiger partial charge in [-0.25, -0.2) is 9.79 Å². The van der Waals surface area contributed by atoms with Crippen molar-refractivity contribution in [3.8, 4) is 28.4 Å². The Morgan fingerprint density at radius 1 is 0.912 bits per heavy atom. The molecular weight excluding hydrogens is 747 g/mol. The molecule has 1 aliphatic heterocycles. The molecule has 1 fully saturated rings. The Hall–Kier alpha value is -6.28. The molecule has 298 valence electrons. The van der Waals surface area contributed by atoms with Crippen molar-refractivity contribution in [3.63, 3.8) is 0 Å².